The molecular formula is C17H18N4O3S. The maximum atomic E-state index is 12.5. The molecule has 1 aromatic carbocycles. The summed E-state index contributed by atoms with van der Waals surface area (Å²) >= 11 is 0. The molecule has 0 fully saturated rings. The average molecular weight is 358 g/mol. The Balaban J connectivity index is 2.02. The van der Waals surface area contributed by atoms with Crippen molar-refractivity contribution in [3.8, 4) is 11.8 Å². The quantitative estimate of drug-likeness (QED) is 0.667. The largest absolute Gasteiger partial charge is 0.358 e. The van der Waals surface area contributed by atoms with Gasteiger partial charge < -0.3 is 4.18 Å². The number of nitrogens with zero attached hydrogens (tertiary/aromatic N) is 4. The van der Waals surface area contributed by atoms with E-state index in [2.05, 4.69) is 15.1 Å². The zero-order valence-corrected chi connectivity index (χ0v) is 15.2. The van der Waals surface area contributed by atoms with Gasteiger partial charge in [-0.1, -0.05) is 17.7 Å². The first-order valence-electron chi connectivity index (χ1n) is 7.65. The molecule has 2 aromatic heterocycles. The van der Waals surface area contributed by atoms with E-state index in [1.807, 2.05) is 26.8 Å². The highest BCUT2D eigenvalue weighted by atomic mass is 32.2. The molecule has 0 atom stereocenters. The first-order chi connectivity index (χ1) is 11.7. The van der Waals surface area contributed by atoms with E-state index < -0.39 is 10.1 Å². The van der Waals surface area contributed by atoms with Crippen molar-refractivity contribution < 1.29 is 12.6 Å². The summed E-state index contributed by atoms with van der Waals surface area (Å²) in [6.45, 7) is 7.29. The molecule has 0 unspecified atom stereocenters. The molecule has 3 rings (SSSR count). The van der Waals surface area contributed by atoms with Crippen LogP contribution in [0.1, 0.15) is 22.6 Å². The van der Waals surface area contributed by atoms with Crippen LogP contribution in [0.2, 0.25) is 0 Å². The second-order valence-corrected chi connectivity index (χ2v) is 7.38. The lowest BCUT2D eigenvalue weighted by molar-refractivity contribution is 0.462. The lowest BCUT2D eigenvalue weighted by Gasteiger charge is -2.09. The van der Waals surface area contributed by atoms with Gasteiger partial charge in [0.05, 0.1) is 5.69 Å². The van der Waals surface area contributed by atoms with Crippen LogP contribution in [0.15, 0.2) is 41.3 Å². The van der Waals surface area contributed by atoms with Crippen molar-refractivity contribution in [1.82, 2.24) is 19.7 Å². The zero-order chi connectivity index (χ0) is 18.2. The van der Waals surface area contributed by atoms with Crippen molar-refractivity contribution in [2.45, 2.75) is 32.6 Å². The van der Waals surface area contributed by atoms with Gasteiger partial charge in [0.1, 0.15) is 4.90 Å². The average Bonchev–Trinajstić information content (AvgIpc) is 2.86. The number of aromatic nitrogens is 4. The molecule has 0 bridgehead atoms. The van der Waals surface area contributed by atoms with Crippen LogP contribution in [0.4, 0.5) is 0 Å². The Labute approximate surface area is 146 Å². The van der Waals surface area contributed by atoms with Crippen LogP contribution in [0.3, 0.4) is 0 Å². The van der Waals surface area contributed by atoms with Gasteiger partial charge in [0.25, 0.3) is 5.95 Å². The Morgan fingerprint density at radius 3 is 2.08 bits per heavy atom. The normalized spacial score (nSPS) is 11.5. The van der Waals surface area contributed by atoms with Crippen LogP contribution in [-0.4, -0.2) is 28.2 Å². The lowest BCUT2D eigenvalue weighted by Crippen LogP contribution is -2.14. The minimum absolute atomic E-state index is 0.0445. The van der Waals surface area contributed by atoms with Crippen LogP contribution >= 0.6 is 0 Å². The van der Waals surface area contributed by atoms with E-state index >= 15 is 0 Å². The molecule has 3 aromatic rings. The van der Waals surface area contributed by atoms with Crippen molar-refractivity contribution in [2.75, 3.05) is 0 Å². The summed E-state index contributed by atoms with van der Waals surface area (Å²) in [5.41, 5.74) is 3.06. The predicted octanol–water partition coefficient (Wildman–Crippen LogP) is 2.66. The zero-order valence-electron chi connectivity index (χ0n) is 14.4. The SMILES string of the molecule is Cc1ccc(S(=O)(=O)Oc2cc(C)nn2-c2nc(C)cc(C)n2)cc1. The molecule has 0 spiro atoms. The molecule has 7 nitrogen and oxygen atoms in total. The highest BCUT2D eigenvalue weighted by molar-refractivity contribution is 7.87. The van der Waals surface area contributed by atoms with Gasteiger partial charge in [-0.05, 0) is 45.9 Å². The number of aryl methyl sites for hydroxylation is 4. The highest BCUT2D eigenvalue weighted by Crippen LogP contribution is 2.22. The first kappa shape index (κ1) is 17.1. The topological polar surface area (TPSA) is 87.0 Å². The van der Waals surface area contributed by atoms with E-state index in [-0.39, 0.29) is 16.7 Å². The Morgan fingerprint density at radius 1 is 0.880 bits per heavy atom. The summed E-state index contributed by atoms with van der Waals surface area (Å²) in [5.74, 6) is 0.308. The number of rotatable bonds is 4. The molecule has 0 N–H and O–H groups in total. The van der Waals surface area contributed by atoms with Gasteiger partial charge >= 0.3 is 10.1 Å². The minimum atomic E-state index is -3.98. The van der Waals surface area contributed by atoms with Gasteiger partial charge in [-0.2, -0.15) is 18.2 Å². The summed E-state index contributed by atoms with van der Waals surface area (Å²) < 4.78 is 31.7. The third-order valence-corrected chi connectivity index (χ3v) is 4.70. The van der Waals surface area contributed by atoms with E-state index in [0.717, 1.165) is 17.0 Å². The van der Waals surface area contributed by atoms with E-state index in [9.17, 15) is 8.42 Å². The fourth-order valence-electron chi connectivity index (χ4n) is 2.35. The summed E-state index contributed by atoms with van der Waals surface area (Å²) in [4.78, 5) is 8.69. The van der Waals surface area contributed by atoms with Crippen LogP contribution in [0.25, 0.3) is 5.95 Å². The molecule has 130 valence electrons. The predicted molar refractivity (Wildman–Crippen MR) is 92.4 cm³/mol. The lowest BCUT2D eigenvalue weighted by atomic mass is 10.2. The Morgan fingerprint density at radius 2 is 1.48 bits per heavy atom. The molecule has 0 aliphatic rings. The third kappa shape index (κ3) is 3.69. The van der Waals surface area contributed by atoms with Crippen LogP contribution < -0.4 is 4.18 Å². The van der Waals surface area contributed by atoms with Gasteiger partial charge in [0.15, 0.2) is 0 Å². The fraction of sp³-hybridized carbons (Fsp3) is 0.235. The maximum absolute atomic E-state index is 12.5. The minimum Gasteiger partial charge on any atom is -0.358 e. The van der Waals surface area contributed by atoms with Crippen molar-refractivity contribution in [3.05, 3.63) is 59.0 Å². The molecule has 0 aliphatic carbocycles. The second-order valence-electron chi connectivity index (χ2n) is 5.84. The van der Waals surface area contributed by atoms with Gasteiger partial charge in [0.2, 0.25) is 5.88 Å². The molecule has 0 saturated heterocycles. The van der Waals surface area contributed by atoms with Gasteiger partial charge in [-0.15, -0.1) is 0 Å². The highest BCUT2D eigenvalue weighted by Gasteiger charge is 2.21. The molecule has 8 heteroatoms. The first-order valence-corrected chi connectivity index (χ1v) is 9.06. The summed E-state index contributed by atoms with van der Waals surface area (Å²) in [7, 11) is -3.98. The number of hydrogen-bond acceptors (Lipinski definition) is 6. The standard InChI is InChI=1S/C17H18N4O3S/c1-11-5-7-15(8-6-11)25(22,23)24-16-10-14(4)20-21(16)17-18-12(2)9-13(3)19-17/h5-10H,1-4H3. The van der Waals surface area contributed by atoms with Crippen LogP contribution in [-0.2, 0) is 10.1 Å². The molecular weight excluding hydrogens is 340 g/mol. The summed E-state index contributed by atoms with van der Waals surface area (Å²) in [6, 6.07) is 9.80. The summed E-state index contributed by atoms with van der Waals surface area (Å²) in [6.07, 6.45) is 0. The fourth-order valence-corrected chi connectivity index (χ4v) is 3.26. The van der Waals surface area contributed by atoms with E-state index in [0.29, 0.717) is 5.69 Å². The molecule has 2 heterocycles. The van der Waals surface area contributed by atoms with Crippen molar-refractivity contribution >= 4 is 10.1 Å². The summed E-state index contributed by atoms with van der Waals surface area (Å²) in [5, 5.41) is 4.26. The van der Waals surface area contributed by atoms with Crippen LogP contribution in [0, 0.1) is 27.7 Å². The Hall–Kier alpha value is -2.74. The van der Waals surface area contributed by atoms with Crippen molar-refractivity contribution in [3.63, 3.8) is 0 Å². The molecule has 0 saturated carbocycles. The van der Waals surface area contributed by atoms with Gasteiger partial charge in [-0.25, -0.2) is 9.97 Å². The van der Waals surface area contributed by atoms with E-state index in [1.165, 1.54) is 22.9 Å². The monoisotopic (exact) mass is 358 g/mol. The van der Waals surface area contributed by atoms with Crippen molar-refractivity contribution in [2.24, 2.45) is 0 Å². The van der Waals surface area contributed by atoms with Crippen LogP contribution in [0.5, 0.6) is 5.88 Å². The number of benzene rings is 1. The van der Waals surface area contributed by atoms with Gasteiger partial charge in [-0.3, -0.25) is 0 Å². The van der Waals surface area contributed by atoms with E-state index in [4.69, 9.17) is 4.18 Å². The number of hydrogen-bond donors (Lipinski definition) is 0. The molecule has 0 amide bonds. The van der Waals surface area contributed by atoms with Crippen molar-refractivity contribution in [1.29, 1.82) is 0 Å². The van der Waals surface area contributed by atoms with E-state index in [1.54, 1.807) is 19.1 Å². The maximum Gasteiger partial charge on any atom is 0.340 e. The molecule has 0 radical (unpaired) electrons. The second kappa shape index (κ2) is 6.29. The third-order valence-electron chi connectivity index (χ3n) is 3.46. The Kier molecular flexibility index (Phi) is 4.30. The molecule has 0 aliphatic heterocycles. The smallest absolute Gasteiger partial charge is 0.340 e. The van der Waals surface area contributed by atoms with Gasteiger partial charge in [0, 0.05) is 17.5 Å². The molecule has 25 heavy (non-hydrogen) atoms. The Bertz CT molecular complexity index is 1000.